The van der Waals surface area contributed by atoms with Gasteiger partial charge >= 0.3 is 12.1 Å². The molecule has 3 atom stereocenters. The van der Waals surface area contributed by atoms with Gasteiger partial charge in [-0.15, -0.1) is 0 Å². The third-order valence-corrected chi connectivity index (χ3v) is 6.14. The number of carbonyl (C=O) groups excluding carboxylic acids is 3. The molecule has 0 saturated heterocycles. The molecule has 0 fully saturated rings. The number of halogens is 3. The lowest BCUT2D eigenvalue weighted by molar-refractivity contribution is -0.152. The number of amides is 1. The maximum Gasteiger partial charge on any atom is 0.416 e. The highest BCUT2D eigenvalue weighted by Gasteiger charge is 2.49. The van der Waals surface area contributed by atoms with Gasteiger partial charge in [-0.1, -0.05) is 48.5 Å². The van der Waals surface area contributed by atoms with Crippen LogP contribution in [0.15, 0.2) is 65.9 Å². The molecule has 5 nitrogen and oxygen atoms in total. The van der Waals surface area contributed by atoms with Crippen molar-refractivity contribution in [3.8, 4) is 0 Å². The Morgan fingerprint density at radius 2 is 1.70 bits per heavy atom. The van der Waals surface area contributed by atoms with Gasteiger partial charge < -0.3 is 10.1 Å². The lowest BCUT2D eigenvalue weighted by atomic mass is 9.67. The Bertz CT molecular complexity index is 1120. The van der Waals surface area contributed by atoms with Gasteiger partial charge in [-0.2, -0.15) is 13.2 Å². The molecule has 4 rings (SSSR count). The first-order valence-electron chi connectivity index (χ1n) is 10.7. The third-order valence-electron chi connectivity index (χ3n) is 6.14. The quantitative estimate of drug-likeness (QED) is 0.542. The molecule has 2 aromatic carbocycles. The monoisotopic (exact) mass is 457 g/mol. The van der Waals surface area contributed by atoms with E-state index in [1.807, 2.05) is 0 Å². The SMILES string of the molecule is CCOC(=O)[C@H]1C(=O)C2=C(C[C@H]1c1ccccc1)NC(=O)C[C@H]2c1ccccc1C(F)(F)F. The number of carbonyl (C=O) groups is 3. The van der Waals surface area contributed by atoms with Gasteiger partial charge in [0.2, 0.25) is 5.91 Å². The van der Waals surface area contributed by atoms with Gasteiger partial charge in [0.1, 0.15) is 5.92 Å². The Labute approximate surface area is 188 Å². The predicted molar refractivity (Wildman–Crippen MR) is 113 cm³/mol. The minimum atomic E-state index is -4.66. The largest absolute Gasteiger partial charge is 0.465 e. The number of esters is 1. The molecule has 2 aromatic rings. The predicted octanol–water partition coefficient (Wildman–Crippen LogP) is 4.50. The van der Waals surface area contributed by atoms with Crippen molar-refractivity contribution in [1.82, 2.24) is 5.32 Å². The average Bonchev–Trinajstić information content (AvgIpc) is 2.78. The number of benzene rings is 2. The molecule has 1 amide bonds. The van der Waals surface area contributed by atoms with Gasteiger partial charge in [0.05, 0.1) is 12.2 Å². The van der Waals surface area contributed by atoms with Crippen molar-refractivity contribution in [2.45, 2.75) is 37.8 Å². The number of Topliss-reactive ketones (excluding diaryl/α,β-unsaturated/α-hetero) is 1. The van der Waals surface area contributed by atoms with Crippen molar-refractivity contribution in [2.75, 3.05) is 6.61 Å². The molecule has 0 spiro atoms. The summed E-state index contributed by atoms with van der Waals surface area (Å²) in [7, 11) is 0. The van der Waals surface area contributed by atoms with E-state index < -0.39 is 47.2 Å². The standard InChI is InChI=1S/C25H22F3NO4/c1-2-33-24(32)22-16(14-8-4-3-5-9-14)12-19-21(23(22)31)17(13-20(30)29-19)15-10-6-7-11-18(15)25(26,27)28/h3-11,16-17,22H,2,12-13H2,1H3,(H,29,30)/t16-,17-,22+/m0/s1. The topological polar surface area (TPSA) is 72.5 Å². The number of hydrogen-bond acceptors (Lipinski definition) is 4. The van der Waals surface area contributed by atoms with Crippen molar-refractivity contribution in [3.63, 3.8) is 0 Å². The number of alkyl halides is 3. The minimum absolute atomic E-state index is 0.0523. The van der Waals surface area contributed by atoms with Crippen molar-refractivity contribution in [3.05, 3.63) is 82.6 Å². The summed E-state index contributed by atoms with van der Waals surface area (Å²) in [6.45, 7) is 1.68. The fraction of sp³-hybridized carbons (Fsp3) is 0.320. The van der Waals surface area contributed by atoms with E-state index in [1.165, 1.54) is 18.2 Å². The molecule has 2 aliphatic rings. The van der Waals surface area contributed by atoms with E-state index in [2.05, 4.69) is 5.32 Å². The van der Waals surface area contributed by atoms with Crippen LogP contribution in [-0.4, -0.2) is 24.3 Å². The van der Waals surface area contributed by atoms with Crippen LogP contribution < -0.4 is 5.32 Å². The number of ether oxygens (including phenoxy) is 1. The van der Waals surface area contributed by atoms with Gasteiger partial charge in [0.25, 0.3) is 0 Å². The van der Waals surface area contributed by atoms with E-state index in [-0.39, 0.29) is 36.3 Å². The molecule has 8 heteroatoms. The minimum Gasteiger partial charge on any atom is -0.465 e. The van der Waals surface area contributed by atoms with Crippen molar-refractivity contribution in [1.29, 1.82) is 0 Å². The Balaban J connectivity index is 1.86. The van der Waals surface area contributed by atoms with Crippen LogP contribution in [0.1, 0.15) is 48.3 Å². The highest BCUT2D eigenvalue weighted by molar-refractivity contribution is 6.12. The first-order chi connectivity index (χ1) is 15.7. The Morgan fingerprint density at radius 3 is 2.36 bits per heavy atom. The van der Waals surface area contributed by atoms with E-state index in [9.17, 15) is 27.6 Å². The Kier molecular flexibility index (Phi) is 6.10. The van der Waals surface area contributed by atoms with Gasteiger partial charge in [-0.05, 0) is 30.5 Å². The zero-order chi connectivity index (χ0) is 23.8. The number of rotatable bonds is 4. The molecule has 0 radical (unpaired) electrons. The van der Waals surface area contributed by atoms with E-state index in [0.717, 1.165) is 6.07 Å². The second kappa shape index (κ2) is 8.84. The Hall–Kier alpha value is -3.42. The molecular weight excluding hydrogens is 435 g/mol. The van der Waals surface area contributed by atoms with Crippen LogP contribution in [-0.2, 0) is 25.3 Å². The number of nitrogens with one attached hydrogen (secondary N) is 1. The molecule has 1 aliphatic heterocycles. The lowest BCUT2D eigenvalue weighted by Crippen LogP contribution is -2.44. The molecular formula is C25H22F3NO4. The molecule has 0 unspecified atom stereocenters. The summed E-state index contributed by atoms with van der Waals surface area (Å²) in [5.41, 5.74) is -0.0182. The van der Waals surface area contributed by atoms with E-state index in [4.69, 9.17) is 4.74 Å². The van der Waals surface area contributed by atoms with Gasteiger partial charge in [-0.25, -0.2) is 0 Å². The maximum atomic E-state index is 13.7. The van der Waals surface area contributed by atoms with Gasteiger partial charge in [0.15, 0.2) is 5.78 Å². The lowest BCUT2D eigenvalue weighted by Gasteiger charge is -2.38. The zero-order valence-electron chi connectivity index (χ0n) is 17.8. The van der Waals surface area contributed by atoms with E-state index >= 15 is 0 Å². The summed E-state index contributed by atoms with van der Waals surface area (Å²) in [5.74, 6) is -4.71. The number of allylic oxidation sites excluding steroid dienone is 2. The van der Waals surface area contributed by atoms with E-state index in [0.29, 0.717) is 5.56 Å². The van der Waals surface area contributed by atoms with Crippen LogP contribution in [0.3, 0.4) is 0 Å². The average molecular weight is 457 g/mol. The van der Waals surface area contributed by atoms with Crippen LogP contribution in [0.4, 0.5) is 13.2 Å². The van der Waals surface area contributed by atoms with Crippen LogP contribution in [0.2, 0.25) is 0 Å². The third kappa shape index (κ3) is 4.29. The number of hydrogen-bond donors (Lipinski definition) is 1. The van der Waals surface area contributed by atoms with Crippen LogP contribution in [0, 0.1) is 5.92 Å². The van der Waals surface area contributed by atoms with Gasteiger partial charge in [-0.3, -0.25) is 14.4 Å². The highest BCUT2D eigenvalue weighted by atomic mass is 19.4. The molecule has 1 heterocycles. The first-order valence-corrected chi connectivity index (χ1v) is 10.7. The Morgan fingerprint density at radius 1 is 1.03 bits per heavy atom. The summed E-state index contributed by atoms with van der Waals surface area (Å²) in [6.07, 6.45) is -4.84. The molecule has 33 heavy (non-hydrogen) atoms. The molecule has 0 bridgehead atoms. The highest BCUT2D eigenvalue weighted by Crippen LogP contribution is 2.47. The normalized spacial score (nSPS) is 23.1. The molecule has 0 aromatic heterocycles. The van der Waals surface area contributed by atoms with Crippen molar-refractivity contribution < 1.29 is 32.3 Å². The zero-order valence-corrected chi connectivity index (χ0v) is 17.8. The fourth-order valence-electron chi connectivity index (χ4n) is 4.79. The smallest absolute Gasteiger partial charge is 0.416 e. The van der Waals surface area contributed by atoms with Crippen LogP contribution in [0.5, 0.6) is 0 Å². The van der Waals surface area contributed by atoms with E-state index in [1.54, 1.807) is 37.3 Å². The van der Waals surface area contributed by atoms with Crippen LogP contribution in [0.25, 0.3) is 0 Å². The summed E-state index contributed by atoms with van der Waals surface area (Å²) >= 11 is 0. The second-order valence-electron chi connectivity index (χ2n) is 8.10. The molecule has 1 N–H and O–H groups in total. The summed E-state index contributed by atoms with van der Waals surface area (Å²) in [6, 6.07) is 13.8. The first kappa shape index (κ1) is 22.8. The second-order valence-corrected chi connectivity index (χ2v) is 8.10. The maximum absolute atomic E-state index is 13.7. The van der Waals surface area contributed by atoms with Gasteiger partial charge in [0, 0.05) is 29.5 Å². The molecule has 1 aliphatic carbocycles. The summed E-state index contributed by atoms with van der Waals surface area (Å²) in [5, 5.41) is 2.68. The summed E-state index contributed by atoms with van der Waals surface area (Å²) in [4.78, 5) is 39.1. The van der Waals surface area contributed by atoms with Crippen LogP contribution >= 0.6 is 0 Å². The van der Waals surface area contributed by atoms with Crippen molar-refractivity contribution >= 4 is 17.7 Å². The fourth-order valence-corrected chi connectivity index (χ4v) is 4.79. The number of ketones is 1. The molecule has 172 valence electrons. The summed E-state index contributed by atoms with van der Waals surface area (Å²) < 4.78 is 46.4. The molecule has 0 saturated carbocycles. The van der Waals surface area contributed by atoms with Crippen molar-refractivity contribution in [2.24, 2.45) is 5.92 Å².